The van der Waals surface area contributed by atoms with Gasteiger partial charge in [0, 0.05) is 41.7 Å². The molecule has 0 spiro atoms. The summed E-state index contributed by atoms with van der Waals surface area (Å²) in [5, 5.41) is 1.96. The number of nitrogens with zero attached hydrogens (tertiary/aromatic N) is 2. The van der Waals surface area contributed by atoms with Crippen LogP contribution in [-0.4, -0.2) is 37.0 Å². The van der Waals surface area contributed by atoms with Crippen molar-refractivity contribution in [2.75, 3.05) is 31.1 Å². The summed E-state index contributed by atoms with van der Waals surface area (Å²) in [6.07, 6.45) is 0. The Morgan fingerprint density at radius 2 is 1.91 bits per heavy atom. The zero-order valence-electron chi connectivity index (χ0n) is 12.8. The van der Waals surface area contributed by atoms with Crippen LogP contribution in [-0.2, 0) is 0 Å². The first kappa shape index (κ1) is 15.6. The zero-order chi connectivity index (χ0) is 15.7. The first-order chi connectivity index (χ1) is 10.6. The Morgan fingerprint density at radius 1 is 1.18 bits per heavy atom. The highest BCUT2D eigenvalue weighted by Gasteiger charge is 2.24. The second kappa shape index (κ2) is 6.42. The lowest BCUT2D eigenvalue weighted by atomic mass is 10.1. The van der Waals surface area contributed by atoms with Crippen LogP contribution < -0.4 is 4.90 Å². The zero-order valence-corrected chi connectivity index (χ0v) is 15.2. The summed E-state index contributed by atoms with van der Waals surface area (Å²) in [5.74, 6) is 0.149. The molecule has 0 aliphatic carbocycles. The Bertz CT molecular complexity index is 690. The predicted molar refractivity (Wildman–Crippen MR) is 96.1 cm³/mol. The SMILES string of the molecule is Cc1cccc(N2CCN(C(=O)c3cc(Br)cs3)CC2)c1C. The number of carbonyl (C=O) groups is 1. The van der Waals surface area contributed by atoms with Gasteiger partial charge in [0.1, 0.15) is 0 Å². The van der Waals surface area contributed by atoms with E-state index in [1.54, 1.807) is 0 Å². The molecule has 0 atom stereocenters. The third kappa shape index (κ3) is 3.06. The van der Waals surface area contributed by atoms with E-state index in [1.807, 2.05) is 16.3 Å². The van der Waals surface area contributed by atoms with Crippen LogP contribution in [0, 0.1) is 13.8 Å². The van der Waals surface area contributed by atoms with Crippen molar-refractivity contribution in [1.82, 2.24) is 4.90 Å². The van der Waals surface area contributed by atoms with Crippen LogP contribution in [0.25, 0.3) is 0 Å². The van der Waals surface area contributed by atoms with E-state index in [0.717, 1.165) is 35.5 Å². The number of piperazine rings is 1. The van der Waals surface area contributed by atoms with E-state index >= 15 is 0 Å². The normalized spacial score (nSPS) is 15.2. The monoisotopic (exact) mass is 378 g/mol. The van der Waals surface area contributed by atoms with Gasteiger partial charge in [-0.3, -0.25) is 4.79 Å². The van der Waals surface area contributed by atoms with Crippen LogP contribution in [0.15, 0.2) is 34.1 Å². The third-order valence-corrected chi connectivity index (χ3v) is 5.94. The summed E-state index contributed by atoms with van der Waals surface area (Å²) in [5.41, 5.74) is 3.95. The molecule has 0 bridgehead atoms. The molecule has 0 saturated carbocycles. The Hall–Kier alpha value is -1.33. The molecule has 1 fully saturated rings. The number of halogens is 1. The predicted octanol–water partition coefficient (Wildman–Crippen LogP) is 4.09. The molecular formula is C17H19BrN2OS. The largest absolute Gasteiger partial charge is 0.368 e. The summed E-state index contributed by atoms with van der Waals surface area (Å²) < 4.78 is 0.981. The topological polar surface area (TPSA) is 23.6 Å². The Balaban J connectivity index is 1.67. The number of aryl methyl sites for hydroxylation is 1. The van der Waals surface area contributed by atoms with Gasteiger partial charge in [0.2, 0.25) is 0 Å². The Morgan fingerprint density at radius 3 is 2.55 bits per heavy atom. The molecule has 2 aromatic rings. The van der Waals surface area contributed by atoms with Crippen LogP contribution in [0.2, 0.25) is 0 Å². The molecule has 116 valence electrons. The summed E-state index contributed by atoms with van der Waals surface area (Å²) in [6, 6.07) is 8.34. The number of hydrogen-bond donors (Lipinski definition) is 0. The number of anilines is 1. The molecule has 0 radical (unpaired) electrons. The average Bonchev–Trinajstić information content (AvgIpc) is 2.96. The highest BCUT2D eigenvalue weighted by molar-refractivity contribution is 9.10. The molecule has 1 aromatic heterocycles. The fourth-order valence-electron chi connectivity index (χ4n) is 2.81. The van der Waals surface area contributed by atoms with Crippen LogP contribution >= 0.6 is 27.3 Å². The highest BCUT2D eigenvalue weighted by Crippen LogP contribution is 2.25. The quantitative estimate of drug-likeness (QED) is 0.785. The Kier molecular flexibility index (Phi) is 4.54. The summed E-state index contributed by atoms with van der Waals surface area (Å²) >= 11 is 4.91. The maximum Gasteiger partial charge on any atom is 0.264 e. The van der Waals surface area contributed by atoms with Crippen LogP contribution in [0.5, 0.6) is 0 Å². The van der Waals surface area contributed by atoms with E-state index in [4.69, 9.17) is 0 Å². The van der Waals surface area contributed by atoms with Crippen molar-refractivity contribution in [2.24, 2.45) is 0 Å². The van der Waals surface area contributed by atoms with E-state index in [9.17, 15) is 4.79 Å². The van der Waals surface area contributed by atoms with Gasteiger partial charge in [-0.1, -0.05) is 12.1 Å². The number of amides is 1. The standard InChI is InChI=1S/C17H19BrN2OS/c1-12-4-3-5-15(13(12)2)19-6-8-20(9-7-19)17(21)16-10-14(18)11-22-16/h3-5,10-11H,6-9H2,1-2H3. The van der Waals surface area contributed by atoms with Gasteiger partial charge < -0.3 is 9.80 Å². The van der Waals surface area contributed by atoms with Crippen LogP contribution in [0.4, 0.5) is 5.69 Å². The van der Waals surface area contributed by atoms with Crippen LogP contribution in [0.1, 0.15) is 20.8 Å². The van der Waals surface area contributed by atoms with Gasteiger partial charge in [0.05, 0.1) is 4.88 Å². The molecule has 1 saturated heterocycles. The molecule has 5 heteroatoms. The van der Waals surface area contributed by atoms with Gasteiger partial charge in [-0.15, -0.1) is 11.3 Å². The van der Waals surface area contributed by atoms with E-state index in [0.29, 0.717) is 0 Å². The summed E-state index contributed by atoms with van der Waals surface area (Å²) in [6.45, 7) is 7.66. The number of thiophene rings is 1. The number of carbonyl (C=O) groups excluding carboxylic acids is 1. The number of rotatable bonds is 2. The van der Waals surface area contributed by atoms with Gasteiger partial charge in [-0.05, 0) is 53.0 Å². The molecule has 0 unspecified atom stereocenters. The fraction of sp³-hybridized carbons (Fsp3) is 0.353. The molecule has 1 aromatic carbocycles. The van der Waals surface area contributed by atoms with Crippen LogP contribution in [0.3, 0.4) is 0 Å². The molecule has 1 aliphatic heterocycles. The van der Waals surface area contributed by atoms with Crippen molar-refractivity contribution in [3.63, 3.8) is 0 Å². The number of benzene rings is 1. The van der Waals surface area contributed by atoms with Crippen molar-refractivity contribution >= 4 is 38.9 Å². The van der Waals surface area contributed by atoms with Gasteiger partial charge in [0.25, 0.3) is 5.91 Å². The minimum absolute atomic E-state index is 0.149. The van der Waals surface area contributed by atoms with E-state index in [1.165, 1.54) is 28.2 Å². The third-order valence-electron chi connectivity index (χ3n) is 4.26. The van der Waals surface area contributed by atoms with Crippen molar-refractivity contribution in [3.8, 4) is 0 Å². The lowest BCUT2D eigenvalue weighted by Crippen LogP contribution is -2.48. The molecule has 2 heterocycles. The fourth-order valence-corrected chi connectivity index (χ4v) is 4.20. The van der Waals surface area contributed by atoms with E-state index in [-0.39, 0.29) is 5.91 Å². The first-order valence-electron chi connectivity index (χ1n) is 7.41. The van der Waals surface area contributed by atoms with Gasteiger partial charge in [-0.2, -0.15) is 0 Å². The second-order valence-electron chi connectivity index (χ2n) is 5.63. The minimum atomic E-state index is 0.149. The van der Waals surface area contributed by atoms with Gasteiger partial charge >= 0.3 is 0 Å². The average molecular weight is 379 g/mol. The van der Waals surface area contributed by atoms with Crippen molar-refractivity contribution < 1.29 is 4.79 Å². The molecule has 0 N–H and O–H groups in total. The lowest BCUT2D eigenvalue weighted by Gasteiger charge is -2.36. The molecule has 3 rings (SSSR count). The maximum absolute atomic E-state index is 12.5. The van der Waals surface area contributed by atoms with Gasteiger partial charge in [-0.25, -0.2) is 0 Å². The molecule has 1 aliphatic rings. The van der Waals surface area contributed by atoms with Crippen molar-refractivity contribution in [2.45, 2.75) is 13.8 Å². The molecule has 3 nitrogen and oxygen atoms in total. The van der Waals surface area contributed by atoms with E-state index in [2.05, 4.69) is 52.9 Å². The van der Waals surface area contributed by atoms with E-state index < -0.39 is 0 Å². The highest BCUT2D eigenvalue weighted by atomic mass is 79.9. The van der Waals surface area contributed by atoms with Crippen molar-refractivity contribution in [3.05, 3.63) is 50.1 Å². The second-order valence-corrected chi connectivity index (χ2v) is 7.45. The smallest absolute Gasteiger partial charge is 0.264 e. The summed E-state index contributed by atoms with van der Waals surface area (Å²) in [7, 11) is 0. The maximum atomic E-state index is 12.5. The Labute approximate surface area is 143 Å². The molecule has 1 amide bonds. The molecule has 22 heavy (non-hydrogen) atoms. The first-order valence-corrected chi connectivity index (χ1v) is 9.08. The summed E-state index contributed by atoms with van der Waals surface area (Å²) in [4.78, 5) is 17.6. The van der Waals surface area contributed by atoms with Gasteiger partial charge in [0.15, 0.2) is 0 Å². The van der Waals surface area contributed by atoms with Crippen molar-refractivity contribution in [1.29, 1.82) is 0 Å². The minimum Gasteiger partial charge on any atom is -0.368 e. The number of hydrogen-bond acceptors (Lipinski definition) is 3. The molecular weight excluding hydrogens is 360 g/mol. The lowest BCUT2D eigenvalue weighted by molar-refractivity contribution is 0.0751.